The first-order chi connectivity index (χ1) is 12.3. The van der Waals surface area contributed by atoms with Crippen LogP contribution in [-0.2, 0) is 0 Å². The maximum atomic E-state index is 6.40. The van der Waals surface area contributed by atoms with Gasteiger partial charge in [-0.25, -0.2) is 0 Å². The van der Waals surface area contributed by atoms with Gasteiger partial charge in [0, 0.05) is 6.04 Å². The van der Waals surface area contributed by atoms with Crippen molar-refractivity contribution in [1.29, 1.82) is 0 Å². The molecular formula is C24H49N. The van der Waals surface area contributed by atoms with Crippen LogP contribution in [0.1, 0.15) is 142 Å². The molecule has 0 aromatic carbocycles. The maximum Gasteiger partial charge on any atom is 0.00671 e. The first-order valence-corrected chi connectivity index (χ1v) is 12.1. The zero-order valence-electron chi connectivity index (χ0n) is 17.6. The molecule has 1 aliphatic rings. The summed E-state index contributed by atoms with van der Waals surface area (Å²) in [6.45, 7) is 2.30. The summed E-state index contributed by atoms with van der Waals surface area (Å²) in [5, 5.41) is 0. The van der Waals surface area contributed by atoms with Gasteiger partial charge in [-0.3, -0.25) is 0 Å². The summed E-state index contributed by atoms with van der Waals surface area (Å²) in [6, 6.07) is 0.502. The van der Waals surface area contributed by atoms with Gasteiger partial charge in [0.2, 0.25) is 0 Å². The summed E-state index contributed by atoms with van der Waals surface area (Å²) in [5.41, 5.74) is 6.40. The van der Waals surface area contributed by atoms with Crippen LogP contribution in [0.4, 0.5) is 0 Å². The summed E-state index contributed by atoms with van der Waals surface area (Å²) in [5.74, 6) is 0.848. The van der Waals surface area contributed by atoms with Crippen molar-refractivity contribution in [2.24, 2.45) is 11.7 Å². The first-order valence-electron chi connectivity index (χ1n) is 12.1. The highest BCUT2D eigenvalue weighted by Crippen LogP contribution is 2.27. The van der Waals surface area contributed by atoms with Gasteiger partial charge in [-0.2, -0.15) is 0 Å². The van der Waals surface area contributed by atoms with E-state index in [1.54, 1.807) is 0 Å². The van der Waals surface area contributed by atoms with Crippen LogP contribution in [0.25, 0.3) is 0 Å². The van der Waals surface area contributed by atoms with E-state index in [2.05, 4.69) is 6.92 Å². The van der Waals surface area contributed by atoms with Crippen LogP contribution >= 0.6 is 0 Å². The van der Waals surface area contributed by atoms with Crippen molar-refractivity contribution in [3.63, 3.8) is 0 Å². The predicted molar refractivity (Wildman–Crippen MR) is 114 cm³/mol. The fraction of sp³-hybridized carbons (Fsp3) is 1.00. The van der Waals surface area contributed by atoms with Gasteiger partial charge in [-0.1, -0.05) is 122 Å². The van der Waals surface area contributed by atoms with Gasteiger partial charge in [0.05, 0.1) is 0 Å². The van der Waals surface area contributed by atoms with Crippen LogP contribution in [-0.4, -0.2) is 6.04 Å². The Labute approximate surface area is 159 Å². The monoisotopic (exact) mass is 351 g/mol. The summed E-state index contributed by atoms with van der Waals surface area (Å²) < 4.78 is 0. The average molecular weight is 352 g/mol. The second-order valence-electron chi connectivity index (χ2n) is 8.80. The molecular weight excluding hydrogens is 302 g/mol. The van der Waals surface area contributed by atoms with E-state index in [1.165, 1.54) is 135 Å². The third-order valence-corrected chi connectivity index (χ3v) is 6.40. The smallest absolute Gasteiger partial charge is 0.00671 e. The molecule has 0 radical (unpaired) electrons. The summed E-state index contributed by atoms with van der Waals surface area (Å²) in [7, 11) is 0. The van der Waals surface area contributed by atoms with Crippen LogP contribution in [0, 0.1) is 5.92 Å². The lowest BCUT2D eigenvalue weighted by Gasteiger charge is -2.27. The summed E-state index contributed by atoms with van der Waals surface area (Å²) in [4.78, 5) is 0. The van der Waals surface area contributed by atoms with E-state index < -0.39 is 0 Å². The Bertz CT molecular complexity index is 257. The topological polar surface area (TPSA) is 26.0 Å². The Morgan fingerprint density at radius 2 is 1.00 bits per heavy atom. The van der Waals surface area contributed by atoms with Crippen molar-refractivity contribution in [2.75, 3.05) is 0 Å². The van der Waals surface area contributed by atoms with E-state index in [1.807, 2.05) is 0 Å². The van der Waals surface area contributed by atoms with Crippen LogP contribution in [0.3, 0.4) is 0 Å². The Hall–Kier alpha value is -0.0400. The molecule has 0 aliphatic heterocycles. The highest BCUT2D eigenvalue weighted by molar-refractivity contribution is 4.76. The largest absolute Gasteiger partial charge is 0.327 e. The quantitative estimate of drug-likeness (QED) is 0.263. The molecule has 0 aromatic rings. The van der Waals surface area contributed by atoms with Crippen molar-refractivity contribution in [3.05, 3.63) is 0 Å². The van der Waals surface area contributed by atoms with Gasteiger partial charge in [0.15, 0.2) is 0 Å². The lowest BCUT2D eigenvalue weighted by molar-refractivity contribution is 0.290. The molecule has 1 atom stereocenters. The third kappa shape index (κ3) is 13.8. The zero-order valence-corrected chi connectivity index (χ0v) is 17.6. The predicted octanol–water partition coefficient (Wildman–Crippen LogP) is 8.16. The van der Waals surface area contributed by atoms with Crippen molar-refractivity contribution >= 4 is 0 Å². The standard InChI is InChI=1S/C24H49N/c1-2-3-4-5-6-7-8-9-10-11-12-13-14-15-19-22-24(25)23-20-17-16-18-21-23/h23-24H,2-22,25H2,1H3. The molecule has 0 spiro atoms. The van der Waals surface area contributed by atoms with Gasteiger partial charge in [-0.05, 0) is 25.2 Å². The average Bonchev–Trinajstić information content (AvgIpc) is 2.65. The second kappa shape index (κ2) is 17.4. The molecule has 150 valence electrons. The molecule has 0 bridgehead atoms. The fourth-order valence-corrected chi connectivity index (χ4v) is 4.55. The highest BCUT2D eigenvalue weighted by Gasteiger charge is 2.19. The van der Waals surface area contributed by atoms with Crippen molar-refractivity contribution in [2.45, 2.75) is 148 Å². The molecule has 1 rings (SSSR count). The highest BCUT2D eigenvalue weighted by atomic mass is 14.6. The zero-order chi connectivity index (χ0) is 18.0. The van der Waals surface area contributed by atoms with Gasteiger partial charge in [0.1, 0.15) is 0 Å². The minimum atomic E-state index is 0.502. The van der Waals surface area contributed by atoms with Crippen molar-refractivity contribution in [3.8, 4) is 0 Å². The number of hydrogen-bond acceptors (Lipinski definition) is 1. The Balaban J connectivity index is 1.73. The number of hydrogen-bond donors (Lipinski definition) is 1. The molecule has 1 fully saturated rings. The summed E-state index contributed by atoms with van der Waals surface area (Å²) in [6.07, 6.45) is 30.1. The van der Waals surface area contributed by atoms with E-state index >= 15 is 0 Å². The van der Waals surface area contributed by atoms with E-state index in [4.69, 9.17) is 5.73 Å². The van der Waals surface area contributed by atoms with E-state index in [-0.39, 0.29) is 0 Å². The number of unbranched alkanes of at least 4 members (excludes halogenated alkanes) is 14. The minimum absolute atomic E-state index is 0.502. The molecule has 0 heterocycles. The lowest BCUT2D eigenvalue weighted by atomic mass is 9.82. The van der Waals surface area contributed by atoms with Crippen LogP contribution in [0.2, 0.25) is 0 Å². The fourth-order valence-electron chi connectivity index (χ4n) is 4.55. The van der Waals surface area contributed by atoms with Gasteiger partial charge in [0.25, 0.3) is 0 Å². The molecule has 0 amide bonds. The van der Waals surface area contributed by atoms with Crippen LogP contribution < -0.4 is 5.73 Å². The minimum Gasteiger partial charge on any atom is -0.327 e. The van der Waals surface area contributed by atoms with Crippen molar-refractivity contribution in [1.82, 2.24) is 0 Å². The molecule has 1 nitrogen and oxygen atoms in total. The molecule has 1 aliphatic carbocycles. The van der Waals surface area contributed by atoms with E-state index in [0.717, 1.165) is 5.92 Å². The SMILES string of the molecule is CCCCCCCCCCCCCCCCCC(N)C1CCCCC1. The van der Waals surface area contributed by atoms with Crippen molar-refractivity contribution < 1.29 is 0 Å². The molecule has 1 unspecified atom stereocenters. The first kappa shape index (κ1) is 23.0. The van der Waals surface area contributed by atoms with E-state index in [0.29, 0.717) is 6.04 Å². The molecule has 0 aromatic heterocycles. The maximum absolute atomic E-state index is 6.40. The van der Waals surface area contributed by atoms with E-state index in [9.17, 15) is 0 Å². The Morgan fingerprint density at radius 1 is 0.600 bits per heavy atom. The second-order valence-corrected chi connectivity index (χ2v) is 8.80. The molecule has 1 heteroatoms. The normalized spacial score (nSPS) is 17.0. The third-order valence-electron chi connectivity index (χ3n) is 6.40. The van der Waals surface area contributed by atoms with Crippen LogP contribution in [0.5, 0.6) is 0 Å². The van der Waals surface area contributed by atoms with Gasteiger partial charge in [-0.15, -0.1) is 0 Å². The van der Waals surface area contributed by atoms with Gasteiger partial charge < -0.3 is 5.73 Å². The molecule has 25 heavy (non-hydrogen) atoms. The molecule has 0 saturated heterocycles. The number of rotatable bonds is 17. The molecule has 1 saturated carbocycles. The van der Waals surface area contributed by atoms with Crippen LogP contribution in [0.15, 0.2) is 0 Å². The number of nitrogens with two attached hydrogens (primary N) is 1. The lowest BCUT2D eigenvalue weighted by Crippen LogP contribution is -2.31. The summed E-state index contributed by atoms with van der Waals surface area (Å²) >= 11 is 0. The Morgan fingerprint density at radius 3 is 1.44 bits per heavy atom. The van der Waals surface area contributed by atoms with Gasteiger partial charge >= 0.3 is 0 Å². The Kier molecular flexibility index (Phi) is 16.0. The molecule has 2 N–H and O–H groups in total.